The lowest BCUT2D eigenvalue weighted by Crippen LogP contribution is -2.11. The third kappa shape index (κ3) is 4.92. The zero-order valence-electron chi connectivity index (χ0n) is 29.4. The minimum atomic E-state index is 1.12. The molecule has 54 heavy (non-hydrogen) atoms. The quantitative estimate of drug-likeness (QED) is 0.161. The van der Waals surface area contributed by atoms with E-state index in [0.29, 0.717) is 0 Å². The molecule has 0 aliphatic heterocycles. The highest BCUT2D eigenvalue weighted by atomic mass is 32.1. The summed E-state index contributed by atoms with van der Waals surface area (Å²) in [5.41, 5.74) is 8.29. The van der Waals surface area contributed by atoms with Gasteiger partial charge in [-0.05, 0) is 102 Å². The van der Waals surface area contributed by atoms with Crippen molar-refractivity contribution in [2.75, 3.05) is 4.90 Å². The number of thiophene rings is 1. The Morgan fingerprint density at radius 1 is 0.333 bits per heavy atom. The number of hydrogen-bond acceptors (Lipinski definition) is 2. The Morgan fingerprint density at radius 2 is 1.02 bits per heavy atom. The maximum Gasteiger partial charge on any atom is 0.0555 e. The summed E-state index contributed by atoms with van der Waals surface area (Å²) in [6.45, 7) is 0. The van der Waals surface area contributed by atoms with Crippen LogP contribution in [0.4, 0.5) is 17.1 Å². The van der Waals surface area contributed by atoms with Crippen molar-refractivity contribution >= 4 is 91.7 Å². The molecule has 1 aromatic heterocycles. The van der Waals surface area contributed by atoms with Crippen molar-refractivity contribution in [3.8, 4) is 22.3 Å². The van der Waals surface area contributed by atoms with E-state index < -0.39 is 0 Å². The molecule has 0 N–H and O–H groups in total. The monoisotopic (exact) mass is 703 g/mol. The summed E-state index contributed by atoms with van der Waals surface area (Å²) in [4.78, 5) is 2.51. The Hall–Kier alpha value is -6.74. The van der Waals surface area contributed by atoms with Gasteiger partial charge in [-0.1, -0.05) is 158 Å². The van der Waals surface area contributed by atoms with E-state index in [-0.39, 0.29) is 0 Å². The first-order chi connectivity index (χ1) is 26.8. The minimum absolute atomic E-state index is 1.12. The van der Waals surface area contributed by atoms with E-state index in [1.54, 1.807) is 0 Å². The third-order valence-corrected chi connectivity index (χ3v) is 12.2. The van der Waals surface area contributed by atoms with Crippen LogP contribution in [0.1, 0.15) is 0 Å². The van der Waals surface area contributed by atoms with E-state index >= 15 is 0 Å². The van der Waals surface area contributed by atoms with Gasteiger partial charge in [-0.3, -0.25) is 0 Å². The van der Waals surface area contributed by atoms with Gasteiger partial charge in [0.1, 0.15) is 0 Å². The summed E-state index contributed by atoms with van der Waals surface area (Å²) < 4.78 is 2.61. The summed E-state index contributed by atoms with van der Waals surface area (Å²) in [5.74, 6) is 0. The van der Waals surface area contributed by atoms with Gasteiger partial charge < -0.3 is 4.90 Å². The highest BCUT2D eigenvalue weighted by Gasteiger charge is 2.23. The summed E-state index contributed by atoms with van der Waals surface area (Å²) >= 11 is 1.89. The second kappa shape index (κ2) is 12.4. The zero-order chi connectivity index (χ0) is 35.6. The molecule has 0 radical (unpaired) electrons. The van der Waals surface area contributed by atoms with Gasteiger partial charge in [-0.25, -0.2) is 0 Å². The molecule has 0 aliphatic rings. The van der Waals surface area contributed by atoms with Gasteiger partial charge in [0.25, 0.3) is 0 Å². The highest BCUT2D eigenvalue weighted by Crippen LogP contribution is 2.49. The fraction of sp³-hybridized carbons (Fsp3) is 0. The average molecular weight is 704 g/mol. The van der Waals surface area contributed by atoms with E-state index in [4.69, 9.17) is 0 Å². The van der Waals surface area contributed by atoms with Crippen LogP contribution in [0.3, 0.4) is 0 Å². The number of para-hydroxylation sites is 1. The van der Waals surface area contributed by atoms with Gasteiger partial charge in [-0.2, -0.15) is 0 Å². The Labute approximate surface area is 317 Å². The zero-order valence-corrected chi connectivity index (χ0v) is 30.2. The van der Waals surface area contributed by atoms with Gasteiger partial charge >= 0.3 is 0 Å². The molecule has 2 heteroatoms. The van der Waals surface area contributed by atoms with Crippen molar-refractivity contribution in [2.45, 2.75) is 0 Å². The van der Waals surface area contributed by atoms with Crippen molar-refractivity contribution in [2.24, 2.45) is 0 Å². The number of benzene rings is 10. The second-order valence-corrected chi connectivity index (χ2v) is 15.1. The van der Waals surface area contributed by atoms with Crippen LogP contribution in [0.25, 0.3) is 85.5 Å². The van der Waals surface area contributed by atoms with Crippen molar-refractivity contribution in [3.63, 3.8) is 0 Å². The van der Waals surface area contributed by atoms with Crippen LogP contribution >= 0.6 is 11.3 Å². The summed E-state index contributed by atoms with van der Waals surface area (Å²) in [6.07, 6.45) is 0. The molecule has 0 fully saturated rings. The van der Waals surface area contributed by atoms with Crippen molar-refractivity contribution in [1.82, 2.24) is 0 Å². The van der Waals surface area contributed by atoms with E-state index in [9.17, 15) is 0 Å². The standard InChI is InChI=1S/C52H33NS/c1-2-13-34(14-3-1)37-26-25-35-27-29-40(32-39(35)31-37)53(49-23-12-24-50-51(49)46-30-28-36-15-4-7-18-42(36)52(46)54-50)48-22-11-10-21-45(48)47-33-38-16-5-6-17-41(38)43-19-8-9-20-44(43)47/h1-33H. The van der Waals surface area contributed by atoms with Crippen LogP contribution < -0.4 is 4.90 Å². The van der Waals surface area contributed by atoms with E-state index in [1.807, 2.05) is 11.3 Å². The number of nitrogens with zero attached hydrogens (tertiary/aromatic N) is 1. The Kier molecular flexibility index (Phi) is 7.11. The SMILES string of the molecule is c1ccc(-c2ccc3ccc(N(c4ccccc4-c4cc5ccccc5c5ccccc45)c4cccc5sc6c7ccccc7ccc6c45)cc3c2)cc1. The minimum Gasteiger partial charge on any atom is -0.309 e. The maximum absolute atomic E-state index is 2.51. The van der Waals surface area contributed by atoms with Gasteiger partial charge in [0.15, 0.2) is 0 Å². The van der Waals surface area contributed by atoms with Gasteiger partial charge in [0, 0.05) is 31.4 Å². The third-order valence-electron chi connectivity index (χ3n) is 11.0. The Balaban J connectivity index is 1.22. The normalized spacial score (nSPS) is 11.7. The molecular weight excluding hydrogens is 671 g/mol. The smallest absolute Gasteiger partial charge is 0.0555 e. The summed E-state index contributed by atoms with van der Waals surface area (Å²) in [5, 5.41) is 12.6. The molecule has 0 saturated carbocycles. The van der Waals surface area contributed by atoms with Crippen LogP contribution in [-0.4, -0.2) is 0 Å². The maximum atomic E-state index is 2.51. The van der Waals surface area contributed by atoms with Crippen LogP contribution in [-0.2, 0) is 0 Å². The average Bonchev–Trinajstić information content (AvgIpc) is 3.64. The predicted molar refractivity (Wildman–Crippen MR) is 235 cm³/mol. The lowest BCUT2D eigenvalue weighted by molar-refractivity contribution is 1.31. The fourth-order valence-corrected chi connectivity index (χ4v) is 9.75. The van der Waals surface area contributed by atoms with Crippen molar-refractivity contribution < 1.29 is 0 Å². The largest absolute Gasteiger partial charge is 0.309 e. The molecular formula is C52H33NS. The molecule has 0 aliphatic carbocycles. The van der Waals surface area contributed by atoms with E-state index in [1.165, 1.54) is 91.2 Å². The van der Waals surface area contributed by atoms with Gasteiger partial charge in [-0.15, -0.1) is 11.3 Å². The molecule has 0 bridgehead atoms. The molecule has 0 unspecified atom stereocenters. The number of rotatable bonds is 5. The van der Waals surface area contributed by atoms with Crippen LogP contribution in [0.5, 0.6) is 0 Å². The molecule has 11 aromatic rings. The second-order valence-electron chi connectivity index (χ2n) is 14.1. The molecule has 1 nitrogen and oxygen atoms in total. The fourth-order valence-electron chi connectivity index (χ4n) is 8.49. The van der Waals surface area contributed by atoms with Gasteiger partial charge in [0.05, 0.1) is 11.4 Å². The Morgan fingerprint density at radius 3 is 1.91 bits per heavy atom. The lowest BCUT2D eigenvalue weighted by atomic mass is 9.92. The van der Waals surface area contributed by atoms with E-state index in [2.05, 4.69) is 205 Å². The molecule has 0 spiro atoms. The highest BCUT2D eigenvalue weighted by molar-refractivity contribution is 7.26. The number of fused-ring (bicyclic) bond motifs is 9. The first kappa shape index (κ1) is 30.8. The summed E-state index contributed by atoms with van der Waals surface area (Å²) in [6, 6.07) is 73.6. The molecule has 0 atom stereocenters. The first-order valence-corrected chi connectivity index (χ1v) is 19.3. The molecule has 0 amide bonds. The molecule has 0 saturated heterocycles. The molecule has 10 aromatic carbocycles. The number of hydrogen-bond donors (Lipinski definition) is 0. The van der Waals surface area contributed by atoms with Crippen LogP contribution in [0.2, 0.25) is 0 Å². The molecule has 1 heterocycles. The van der Waals surface area contributed by atoms with Crippen LogP contribution in [0, 0.1) is 0 Å². The lowest BCUT2D eigenvalue weighted by Gasteiger charge is -2.29. The van der Waals surface area contributed by atoms with Crippen LogP contribution in [0.15, 0.2) is 200 Å². The topological polar surface area (TPSA) is 3.24 Å². The summed E-state index contributed by atoms with van der Waals surface area (Å²) in [7, 11) is 0. The van der Waals surface area contributed by atoms with Crippen molar-refractivity contribution in [3.05, 3.63) is 200 Å². The molecule has 11 rings (SSSR count). The van der Waals surface area contributed by atoms with E-state index in [0.717, 1.165) is 11.4 Å². The van der Waals surface area contributed by atoms with Crippen molar-refractivity contribution in [1.29, 1.82) is 0 Å². The predicted octanol–water partition coefficient (Wildman–Crippen LogP) is 15.5. The van der Waals surface area contributed by atoms with Gasteiger partial charge in [0.2, 0.25) is 0 Å². The number of anilines is 3. The molecule has 252 valence electrons. The first-order valence-electron chi connectivity index (χ1n) is 18.5. The Bertz CT molecular complexity index is 3230.